The lowest BCUT2D eigenvalue weighted by Crippen LogP contribution is -2.22. The fourth-order valence-electron chi connectivity index (χ4n) is 1.30. The van der Waals surface area contributed by atoms with E-state index < -0.39 is 4.92 Å². The summed E-state index contributed by atoms with van der Waals surface area (Å²) in [6.07, 6.45) is 1.23. The Morgan fingerprint density at radius 3 is 2.88 bits per heavy atom. The molecule has 6 nitrogen and oxygen atoms in total. The molecule has 0 fully saturated rings. The Labute approximate surface area is 92.4 Å². The van der Waals surface area contributed by atoms with Gasteiger partial charge in [-0.25, -0.2) is 0 Å². The van der Waals surface area contributed by atoms with Crippen molar-refractivity contribution < 1.29 is 4.92 Å². The first-order chi connectivity index (χ1) is 7.54. The molecule has 0 saturated heterocycles. The van der Waals surface area contributed by atoms with Gasteiger partial charge in [-0.15, -0.1) is 0 Å². The van der Waals surface area contributed by atoms with Gasteiger partial charge in [-0.05, 0) is 12.6 Å². The lowest BCUT2D eigenvalue weighted by Gasteiger charge is -2.07. The van der Waals surface area contributed by atoms with E-state index in [-0.39, 0.29) is 17.8 Å². The quantitative estimate of drug-likeness (QED) is 0.449. The van der Waals surface area contributed by atoms with Crippen molar-refractivity contribution in [3.05, 3.63) is 50.9 Å². The molecule has 0 aliphatic carbocycles. The number of nitrogens with one attached hydrogen (secondary N) is 1. The number of likely N-dealkylation sites (N-methyl/N-ethyl adjacent to an activating group) is 1. The third kappa shape index (κ3) is 3.03. The average Bonchev–Trinajstić information content (AvgIpc) is 2.21. The molecule has 86 valence electrons. The van der Waals surface area contributed by atoms with Gasteiger partial charge in [0.05, 0.1) is 11.1 Å². The first kappa shape index (κ1) is 12.1. The van der Waals surface area contributed by atoms with Gasteiger partial charge in [0, 0.05) is 25.2 Å². The van der Waals surface area contributed by atoms with Crippen LogP contribution in [0.5, 0.6) is 0 Å². The van der Waals surface area contributed by atoms with E-state index in [0.29, 0.717) is 6.54 Å². The van der Waals surface area contributed by atoms with Gasteiger partial charge in [-0.3, -0.25) is 14.9 Å². The Balaban J connectivity index is 2.94. The van der Waals surface area contributed by atoms with Gasteiger partial charge in [0.15, 0.2) is 0 Å². The Kier molecular flexibility index (Phi) is 3.96. The van der Waals surface area contributed by atoms with Crippen LogP contribution in [0.2, 0.25) is 0 Å². The van der Waals surface area contributed by atoms with Crippen LogP contribution in [-0.2, 0) is 6.54 Å². The Bertz CT molecular complexity index is 465. The average molecular weight is 223 g/mol. The summed E-state index contributed by atoms with van der Waals surface area (Å²) >= 11 is 0. The largest absolute Gasteiger partial charge is 0.316 e. The molecule has 0 radical (unpaired) electrons. The van der Waals surface area contributed by atoms with E-state index in [2.05, 4.69) is 11.9 Å². The maximum absolute atomic E-state index is 11.4. The molecule has 0 aliphatic rings. The van der Waals surface area contributed by atoms with Crippen molar-refractivity contribution in [1.29, 1.82) is 0 Å². The normalized spacial score (nSPS) is 10.1. The number of nitro groups is 1. The van der Waals surface area contributed by atoms with Gasteiger partial charge in [0.2, 0.25) is 0 Å². The van der Waals surface area contributed by atoms with E-state index in [4.69, 9.17) is 0 Å². The molecule has 0 atom stereocenters. The van der Waals surface area contributed by atoms with Gasteiger partial charge < -0.3 is 9.88 Å². The van der Waals surface area contributed by atoms with Crippen molar-refractivity contribution in [2.45, 2.75) is 6.54 Å². The van der Waals surface area contributed by atoms with Crippen LogP contribution in [-0.4, -0.2) is 23.1 Å². The maximum atomic E-state index is 11.4. The van der Waals surface area contributed by atoms with Crippen molar-refractivity contribution in [1.82, 2.24) is 9.88 Å². The molecule has 0 bridgehead atoms. The van der Waals surface area contributed by atoms with Gasteiger partial charge in [-0.2, -0.15) is 0 Å². The molecular formula is C10H13N3O3. The van der Waals surface area contributed by atoms with Crippen molar-refractivity contribution >= 4 is 5.69 Å². The minimum absolute atomic E-state index is 0.100. The molecule has 16 heavy (non-hydrogen) atoms. The molecule has 1 heterocycles. The van der Waals surface area contributed by atoms with Crippen LogP contribution in [0.1, 0.15) is 0 Å². The molecule has 1 rings (SSSR count). The second kappa shape index (κ2) is 5.22. The second-order valence-corrected chi connectivity index (χ2v) is 3.39. The highest BCUT2D eigenvalue weighted by atomic mass is 16.6. The number of hydrogen-bond donors (Lipinski definition) is 1. The third-order valence-corrected chi connectivity index (χ3v) is 2.00. The summed E-state index contributed by atoms with van der Waals surface area (Å²) in [5.41, 5.74) is 0.407. The van der Waals surface area contributed by atoms with Crippen molar-refractivity contribution in [2.75, 3.05) is 13.6 Å². The fraction of sp³-hybridized carbons (Fsp3) is 0.300. The summed E-state index contributed by atoms with van der Waals surface area (Å²) < 4.78 is 1.28. The predicted molar refractivity (Wildman–Crippen MR) is 60.4 cm³/mol. The summed E-state index contributed by atoms with van der Waals surface area (Å²) in [6.45, 7) is 4.61. The third-order valence-electron chi connectivity index (χ3n) is 2.00. The maximum Gasteiger partial charge on any atom is 0.285 e. The molecule has 0 aliphatic heterocycles. The molecule has 0 spiro atoms. The Hall–Kier alpha value is -1.95. The van der Waals surface area contributed by atoms with Crippen LogP contribution in [0.15, 0.2) is 35.3 Å². The molecule has 1 aromatic rings. The van der Waals surface area contributed by atoms with Gasteiger partial charge >= 0.3 is 0 Å². The number of hydrogen-bond acceptors (Lipinski definition) is 4. The van der Waals surface area contributed by atoms with Gasteiger partial charge in [0.1, 0.15) is 0 Å². The van der Waals surface area contributed by atoms with E-state index in [1.165, 1.54) is 22.9 Å². The molecule has 1 aromatic heterocycles. The number of rotatable bonds is 5. The van der Waals surface area contributed by atoms with Crippen molar-refractivity contribution in [3.8, 4) is 0 Å². The minimum atomic E-state index is -0.531. The van der Waals surface area contributed by atoms with E-state index >= 15 is 0 Å². The SMILES string of the molecule is C=C(CNC)Cn1cc([N+](=O)[O-])ccc1=O. The summed E-state index contributed by atoms with van der Waals surface area (Å²) in [7, 11) is 1.77. The lowest BCUT2D eigenvalue weighted by atomic mass is 10.3. The van der Waals surface area contributed by atoms with Crippen LogP contribution >= 0.6 is 0 Å². The van der Waals surface area contributed by atoms with Crippen LogP contribution in [0.4, 0.5) is 5.69 Å². The first-order valence-corrected chi connectivity index (χ1v) is 4.70. The van der Waals surface area contributed by atoms with Crippen LogP contribution in [0.25, 0.3) is 0 Å². The predicted octanol–water partition coefficient (Wildman–Crippen LogP) is 0.532. The van der Waals surface area contributed by atoms with E-state index in [9.17, 15) is 14.9 Å². The van der Waals surface area contributed by atoms with Crippen LogP contribution < -0.4 is 10.9 Å². The highest BCUT2D eigenvalue weighted by Crippen LogP contribution is 2.07. The van der Waals surface area contributed by atoms with Gasteiger partial charge in [-0.1, -0.05) is 6.58 Å². The van der Waals surface area contributed by atoms with Crippen molar-refractivity contribution in [3.63, 3.8) is 0 Å². The summed E-state index contributed by atoms with van der Waals surface area (Å²) in [5, 5.41) is 13.4. The second-order valence-electron chi connectivity index (χ2n) is 3.39. The molecule has 0 unspecified atom stereocenters. The molecule has 0 aromatic carbocycles. The van der Waals surface area contributed by atoms with Crippen LogP contribution in [0, 0.1) is 10.1 Å². The summed E-state index contributed by atoms with van der Waals surface area (Å²) in [5.74, 6) is 0. The number of pyridine rings is 1. The molecule has 6 heteroatoms. The monoisotopic (exact) mass is 223 g/mol. The zero-order valence-electron chi connectivity index (χ0n) is 8.97. The molecule has 0 saturated carbocycles. The standard InChI is InChI=1S/C10H13N3O3/c1-8(5-11-2)6-12-7-9(13(15)16)3-4-10(12)14/h3-4,7,11H,1,5-6H2,2H3. The number of aromatic nitrogens is 1. The Morgan fingerprint density at radius 1 is 1.62 bits per heavy atom. The van der Waals surface area contributed by atoms with Crippen LogP contribution in [0.3, 0.4) is 0 Å². The van der Waals surface area contributed by atoms with Gasteiger partial charge in [0.25, 0.3) is 11.2 Å². The van der Waals surface area contributed by atoms with E-state index in [0.717, 1.165) is 5.57 Å². The zero-order valence-corrected chi connectivity index (χ0v) is 8.97. The molecule has 1 N–H and O–H groups in total. The zero-order chi connectivity index (χ0) is 12.1. The van der Waals surface area contributed by atoms with E-state index in [1.807, 2.05) is 0 Å². The molecule has 0 amide bonds. The highest BCUT2D eigenvalue weighted by molar-refractivity contribution is 5.25. The molecular weight excluding hydrogens is 210 g/mol. The summed E-state index contributed by atoms with van der Waals surface area (Å²) in [6, 6.07) is 2.38. The first-order valence-electron chi connectivity index (χ1n) is 4.70. The summed E-state index contributed by atoms with van der Waals surface area (Å²) in [4.78, 5) is 21.4. The number of nitrogens with zero attached hydrogens (tertiary/aromatic N) is 2. The smallest absolute Gasteiger partial charge is 0.285 e. The lowest BCUT2D eigenvalue weighted by molar-refractivity contribution is -0.385. The Morgan fingerprint density at radius 2 is 2.31 bits per heavy atom. The minimum Gasteiger partial charge on any atom is -0.316 e. The topological polar surface area (TPSA) is 77.2 Å². The van der Waals surface area contributed by atoms with E-state index in [1.54, 1.807) is 7.05 Å². The van der Waals surface area contributed by atoms with Crippen molar-refractivity contribution in [2.24, 2.45) is 0 Å². The fourth-order valence-corrected chi connectivity index (χ4v) is 1.30. The highest BCUT2D eigenvalue weighted by Gasteiger charge is 2.07.